The molecule has 1 aromatic rings. The van der Waals surface area contributed by atoms with Crippen LogP contribution in [-0.4, -0.2) is 22.6 Å². The second-order valence-corrected chi connectivity index (χ2v) is 6.30. The maximum Gasteiger partial charge on any atom is 0.303 e. The van der Waals surface area contributed by atoms with Gasteiger partial charge in [-0.3, -0.25) is 4.79 Å². The van der Waals surface area contributed by atoms with Crippen molar-refractivity contribution in [2.75, 3.05) is 11.9 Å². The van der Waals surface area contributed by atoms with Gasteiger partial charge in [-0.2, -0.15) is 0 Å². The van der Waals surface area contributed by atoms with Gasteiger partial charge in [-0.25, -0.2) is 4.98 Å². The number of thiazole rings is 1. The predicted molar refractivity (Wildman–Crippen MR) is 77.7 cm³/mol. The summed E-state index contributed by atoms with van der Waals surface area (Å²) < 4.78 is 0. The molecular formula is C14H22N2O2S. The van der Waals surface area contributed by atoms with Crippen LogP contribution in [0.2, 0.25) is 0 Å². The van der Waals surface area contributed by atoms with E-state index in [2.05, 4.69) is 17.2 Å². The molecule has 1 fully saturated rings. The minimum absolute atomic E-state index is 0.156. The monoisotopic (exact) mass is 282 g/mol. The number of aryl methyl sites for hydroxylation is 1. The molecule has 0 amide bonds. The van der Waals surface area contributed by atoms with E-state index in [-0.39, 0.29) is 6.42 Å². The minimum Gasteiger partial charge on any atom is -0.481 e. The van der Waals surface area contributed by atoms with Crippen molar-refractivity contribution >= 4 is 22.4 Å². The Bertz CT molecular complexity index is 419. The van der Waals surface area contributed by atoms with Crippen molar-refractivity contribution in [1.82, 2.24) is 4.98 Å². The van der Waals surface area contributed by atoms with E-state index in [0.29, 0.717) is 6.42 Å². The Morgan fingerprint density at radius 3 is 3.05 bits per heavy atom. The Labute approximate surface area is 118 Å². The van der Waals surface area contributed by atoms with E-state index < -0.39 is 5.97 Å². The Hall–Kier alpha value is -1.10. The SMILES string of the molecule is CC1CCCCC1CNc1nc(CCC(=O)O)cs1. The number of hydrogen-bond acceptors (Lipinski definition) is 4. The molecule has 2 rings (SSSR count). The first-order valence-corrected chi connectivity index (χ1v) is 7.93. The number of anilines is 1. The summed E-state index contributed by atoms with van der Waals surface area (Å²) in [6.07, 6.45) is 6.04. The first kappa shape index (κ1) is 14.3. The van der Waals surface area contributed by atoms with Crippen LogP contribution in [0.4, 0.5) is 5.13 Å². The van der Waals surface area contributed by atoms with Gasteiger partial charge in [0.25, 0.3) is 0 Å². The van der Waals surface area contributed by atoms with Crippen molar-refractivity contribution in [2.24, 2.45) is 11.8 Å². The molecule has 0 spiro atoms. The standard InChI is InChI=1S/C14H22N2O2S/c1-10-4-2-3-5-11(10)8-15-14-16-12(9-19-14)6-7-13(17)18/h9-11H,2-8H2,1H3,(H,15,16)(H,17,18). The number of aromatic nitrogens is 1. The second kappa shape index (κ2) is 6.89. The first-order chi connectivity index (χ1) is 9.15. The first-order valence-electron chi connectivity index (χ1n) is 7.05. The van der Waals surface area contributed by atoms with Crippen LogP contribution in [0.25, 0.3) is 0 Å². The van der Waals surface area contributed by atoms with Gasteiger partial charge in [-0.05, 0) is 18.3 Å². The largest absolute Gasteiger partial charge is 0.481 e. The molecule has 2 unspecified atom stereocenters. The Kier molecular flexibility index (Phi) is 5.19. The normalized spacial score (nSPS) is 23.2. The van der Waals surface area contributed by atoms with E-state index >= 15 is 0 Å². The van der Waals surface area contributed by atoms with Gasteiger partial charge in [-0.15, -0.1) is 11.3 Å². The third-order valence-corrected chi connectivity index (χ3v) is 4.80. The van der Waals surface area contributed by atoms with Gasteiger partial charge in [0.2, 0.25) is 0 Å². The van der Waals surface area contributed by atoms with Crippen LogP contribution in [0.5, 0.6) is 0 Å². The lowest BCUT2D eigenvalue weighted by molar-refractivity contribution is -0.136. The fraction of sp³-hybridized carbons (Fsp3) is 0.714. The van der Waals surface area contributed by atoms with Crippen LogP contribution in [0.15, 0.2) is 5.38 Å². The summed E-state index contributed by atoms with van der Waals surface area (Å²) in [7, 11) is 0. The van der Waals surface area contributed by atoms with Gasteiger partial charge in [0.15, 0.2) is 5.13 Å². The zero-order valence-corrected chi connectivity index (χ0v) is 12.2. The van der Waals surface area contributed by atoms with Crippen molar-refractivity contribution in [2.45, 2.75) is 45.4 Å². The molecule has 2 atom stereocenters. The van der Waals surface area contributed by atoms with Crippen LogP contribution in [-0.2, 0) is 11.2 Å². The highest BCUT2D eigenvalue weighted by atomic mass is 32.1. The van der Waals surface area contributed by atoms with Crippen molar-refractivity contribution in [3.05, 3.63) is 11.1 Å². The highest BCUT2D eigenvalue weighted by Gasteiger charge is 2.21. The Balaban J connectivity index is 1.78. The molecule has 1 saturated carbocycles. The van der Waals surface area contributed by atoms with Gasteiger partial charge in [0, 0.05) is 18.3 Å². The summed E-state index contributed by atoms with van der Waals surface area (Å²) in [6, 6.07) is 0. The molecule has 1 heterocycles. The summed E-state index contributed by atoms with van der Waals surface area (Å²) in [5, 5.41) is 14.9. The topological polar surface area (TPSA) is 62.2 Å². The van der Waals surface area contributed by atoms with Crippen LogP contribution in [0, 0.1) is 11.8 Å². The van der Waals surface area contributed by atoms with Crippen LogP contribution >= 0.6 is 11.3 Å². The number of carbonyl (C=O) groups is 1. The van der Waals surface area contributed by atoms with Crippen molar-refractivity contribution in [3.63, 3.8) is 0 Å². The molecule has 1 aliphatic carbocycles. The molecule has 0 aliphatic heterocycles. The van der Waals surface area contributed by atoms with Gasteiger partial charge in [0.1, 0.15) is 0 Å². The fourth-order valence-electron chi connectivity index (χ4n) is 2.65. The van der Waals surface area contributed by atoms with Crippen molar-refractivity contribution < 1.29 is 9.90 Å². The molecule has 0 bridgehead atoms. The van der Waals surface area contributed by atoms with Gasteiger partial charge >= 0.3 is 5.97 Å². The summed E-state index contributed by atoms with van der Waals surface area (Å²) in [6.45, 7) is 3.33. The Morgan fingerprint density at radius 2 is 2.32 bits per heavy atom. The predicted octanol–water partition coefficient (Wildman–Crippen LogP) is 3.40. The minimum atomic E-state index is -0.765. The number of aliphatic carboxylic acids is 1. The molecule has 4 nitrogen and oxygen atoms in total. The van der Waals surface area contributed by atoms with Crippen LogP contribution < -0.4 is 5.32 Å². The molecule has 1 aromatic heterocycles. The lowest BCUT2D eigenvalue weighted by Gasteiger charge is -2.28. The highest BCUT2D eigenvalue weighted by molar-refractivity contribution is 7.13. The van der Waals surface area contributed by atoms with E-state index in [4.69, 9.17) is 5.11 Å². The van der Waals surface area contributed by atoms with Gasteiger partial charge < -0.3 is 10.4 Å². The van der Waals surface area contributed by atoms with E-state index in [0.717, 1.165) is 29.2 Å². The quantitative estimate of drug-likeness (QED) is 0.839. The average Bonchev–Trinajstić information content (AvgIpc) is 2.83. The summed E-state index contributed by atoms with van der Waals surface area (Å²) in [5.41, 5.74) is 0.881. The second-order valence-electron chi connectivity index (χ2n) is 5.44. The number of carboxylic acid groups (broad SMARTS) is 1. The van der Waals surface area contributed by atoms with Crippen LogP contribution in [0.1, 0.15) is 44.7 Å². The molecule has 0 saturated heterocycles. The Morgan fingerprint density at radius 1 is 1.53 bits per heavy atom. The molecule has 1 aliphatic rings. The zero-order valence-electron chi connectivity index (χ0n) is 11.4. The molecule has 106 valence electrons. The summed E-state index contributed by atoms with van der Waals surface area (Å²) >= 11 is 1.58. The number of hydrogen-bond donors (Lipinski definition) is 2. The van der Waals surface area contributed by atoms with Gasteiger partial charge in [-0.1, -0.05) is 26.2 Å². The fourth-order valence-corrected chi connectivity index (χ4v) is 3.41. The smallest absolute Gasteiger partial charge is 0.303 e. The third-order valence-electron chi connectivity index (χ3n) is 3.95. The maximum absolute atomic E-state index is 10.5. The molecule has 0 aromatic carbocycles. The summed E-state index contributed by atoms with van der Waals surface area (Å²) in [4.78, 5) is 14.9. The van der Waals surface area contributed by atoms with E-state index in [1.54, 1.807) is 11.3 Å². The molecule has 2 N–H and O–H groups in total. The van der Waals surface area contributed by atoms with Gasteiger partial charge in [0.05, 0.1) is 12.1 Å². The van der Waals surface area contributed by atoms with E-state index in [1.165, 1.54) is 25.7 Å². The molecule has 0 radical (unpaired) electrons. The molecule has 5 heteroatoms. The van der Waals surface area contributed by atoms with Crippen LogP contribution in [0.3, 0.4) is 0 Å². The highest BCUT2D eigenvalue weighted by Crippen LogP contribution is 2.30. The summed E-state index contributed by atoms with van der Waals surface area (Å²) in [5.74, 6) is 0.784. The maximum atomic E-state index is 10.5. The molecule has 19 heavy (non-hydrogen) atoms. The van der Waals surface area contributed by atoms with E-state index in [1.807, 2.05) is 5.38 Å². The number of nitrogens with zero attached hydrogens (tertiary/aromatic N) is 1. The zero-order chi connectivity index (χ0) is 13.7. The van der Waals surface area contributed by atoms with E-state index in [9.17, 15) is 4.79 Å². The lowest BCUT2D eigenvalue weighted by Crippen LogP contribution is -2.24. The lowest BCUT2D eigenvalue weighted by atomic mass is 9.80. The number of nitrogens with one attached hydrogen (secondary N) is 1. The van der Waals surface area contributed by atoms with Crippen molar-refractivity contribution in [1.29, 1.82) is 0 Å². The number of carboxylic acids is 1. The third kappa shape index (κ3) is 4.49. The van der Waals surface area contributed by atoms with Crippen molar-refractivity contribution in [3.8, 4) is 0 Å². The average molecular weight is 282 g/mol. The number of rotatable bonds is 6. The molecular weight excluding hydrogens is 260 g/mol.